The SMILES string of the molecule is COCC(=O)Nc1ccc(N2C(=S)NC(c3ccccn3)C2c2cc(C)n(-c3ccc([N+](=O)[O-])cc3OC)c2C)cc1C. The molecule has 0 saturated carbocycles. The fraction of sp³-hybridized carbons (Fsp3) is 0.258. The van der Waals surface area contributed by atoms with Gasteiger partial charge in [0, 0.05) is 42.1 Å². The smallest absolute Gasteiger partial charge is 0.273 e. The van der Waals surface area contributed by atoms with Crippen molar-refractivity contribution in [1.29, 1.82) is 0 Å². The maximum Gasteiger partial charge on any atom is 0.273 e. The second-order valence-electron chi connectivity index (χ2n) is 10.3. The summed E-state index contributed by atoms with van der Waals surface area (Å²) < 4.78 is 12.6. The molecule has 0 spiro atoms. The van der Waals surface area contributed by atoms with Crippen LogP contribution in [0.15, 0.2) is 66.9 Å². The van der Waals surface area contributed by atoms with Gasteiger partial charge in [-0.25, -0.2) is 0 Å². The first-order valence-corrected chi connectivity index (χ1v) is 14.0. The van der Waals surface area contributed by atoms with Crippen molar-refractivity contribution in [2.24, 2.45) is 0 Å². The zero-order valence-electron chi connectivity index (χ0n) is 24.5. The van der Waals surface area contributed by atoms with Gasteiger partial charge in [-0.3, -0.25) is 19.9 Å². The summed E-state index contributed by atoms with van der Waals surface area (Å²) in [6.45, 7) is 5.89. The first kappa shape index (κ1) is 29.7. The molecule has 222 valence electrons. The predicted octanol–water partition coefficient (Wildman–Crippen LogP) is 5.48. The minimum Gasteiger partial charge on any atom is -0.494 e. The van der Waals surface area contributed by atoms with Crippen molar-refractivity contribution < 1.29 is 19.2 Å². The molecule has 43 heavy (non-hydrogen) atoms. The zero-order valence-corrected chi connectivity index (χ0v) is 25.3. The number of ether oxygens (including phenoxy) is 2. The van der Waals surface area contributed by atoms with Crippen molar-refractivity contribution in [3.8, 4) is 11.4 Å². The molecule has 1 amide bonds. The predicted molar refractivity (Wildman–Crippen MR) is 168 cm³/mol. The van der Waals surface area contributed by atoms with Gasteiger partial charge in [-0.05, 0) is 86.6 Å². The molecular formula is C31H32N6O5S. The molecule has 1 saturated heterocycles. The van der Waals surface area contributed by atoms with Gasteiger partial charge in [0.05, 0.1) is 41.6 Å². The summed E-state index contributed by atoms with van der Waals surface area (Å²) in [7, 11) is 2.98. The molecule has 1 fully saturated rings. The van der Waals surface area contributed by atoms with E-state index in [2.05, 4.69) is 26.6 Å². The lowest BCUT2D eigenvalue weighted by Crippen LogP contribution is -2.29. The number of aromatic nitrogens is 2. The fourth-order valence-corrected chi connectivity index (χ4v) is 5.97. The van der Waals surface area contributed by atoms with Crippen molar-refractivity contribution in [3.05, 3.63) is 105 Å². The summed E-state index contributed by atoms with van der Waals surface area (Å²) in [6, 6.07) is 17.7. The molecule has 2 aromatic heterocycles. The summed E-state index contributed by atoms with van der Waals surface area (Å²) in [5.41, 5.74) is 6.71. The van der Waals surface area contributed by atoms with Crippen LogP contribution in [0.3, 0.4) is 0 Å². The molecule has 5 rings (SSSR count). The molecular weight excluding hydrogens is 568 g/mol. The van der Waals surface area contributed by atoms with Gasteiger partial charge in [0.25, 0.3) is 5.69 Å². The van der Waals surface area contributed by atoms with E-state index in [-0.39, 0.29) is 30.3 Å². The maximum absolute atomic E-state index is 12.2. The number of thiocarbonyl (C=S) groups is 1. The second kappa shape index (κ2) is 12.2. The van der Waals surface area contributed by atoms with Gasteiger partial charge in [-0.2, -0.15) is 0 Å². The Bertz CT molecular complexity index is 1710. The van der Waals surface area contributed by atoms with Crippen LogP contribution in [-0.2, 0) is 9.53 Å². The van der Waals surface area contributed by atoms with Crippen LogP contribution in [0.1, 0.15) is 40.3 Å². The fourth-order valence-electron chi connectivity index (χ4n) is 5.63. The number of amides is 1. The van der Waals surface area contributed by atoms with Crippen LogP contribution in [0.5, 0.6) is 5.75 Å². The number of carbonyl (C=O) groups is 1. The lowest BCUT2D eigenvalue weighted by Gasteiger charge is -2.29. The number of benzene rings is 2. The number of non-ortho nitro benzene ring substituents is 1. The molecule has 12 heteroatoms. The van der Waals surface area contributed by atoms with Gasteiger partial charge in [0.15, 0.2) is 5.11 Å². The van der Waals surface area contributed by atoms with Crippen LogP contribution >= 0.6 is 12.2 Å². The van der Waals surface area contributed by atoms with Crippen LogP contribution in [-0.4, -0.2) is 46.3 Å². The van der Waals surface area contributed by atoms with E-state index >= 15 is 0 Å². The minimum absolute atomic E-state index is 0.0374. The van der Waals surface area contributed by atoms with Gasteiger partial charge >= 0.3 is 0 Å². The number of hydrogen-bond donors (Lipinski definition) is 2. The molecule has 1 aliphatic rings. The normalized spacial score (nSPS) is 16.2. The van der Waals surface area contributed by atoms with Crippen LogP contribution in [0.25, 0.3) is 5.69 Å². The van der Waals surface area contributed by atoms with E-state index in [1.54, 1.807) is 12.3 Å². The Balaban J connectivity index is 1.63. The number of methoxy groups -OCH3 is 2. The number of aryl methyl sites for hydroxylation is 2. The standard InChI is InChI=1S/C31H32N6O5S/c1-18-14-21(9-11-24(18)33-28(38)17-41-4)36-30(29(34-31(36)43)25-8-6-7-13-32-25)23-15-19(2)35(20(23)3)26-12-10-22(37(39)40)16-27(26)42-5/h6-16,29-30H,17H2,1-5H3,(H,33,38)(H,34,43). The van der Waals surface area contributed by atoms with Gasteiger partial charge in [-0.15, -0.1) is 0 Å². The summed E-state index contributed by atoms with van der Waals surface area (Å²) in [4.78, 5) is 29.8. The number of nitrogens with one attached hydrogen (secondary N) is 2. The van der Waals surface area contributed by atoms with Crippen LogP contribution in [0, 0.1) is 30.9 Å². The number of nitro groups is 1. The van der Waals surface area contributed by atoms with E-state index < -0.39 is 4.92 Å². The summed E-state index contributed by atoms with van der Waals surface area (Å²) in [5, 5.41) is 18.3. The Hall–Kier alpha value is -4.81. The molecule has 4 aromatic rings. The van der Waals surface area contributed by atoms with Crippen LogP contribution in [0.2, 0.25) is 0 Å². The van der Waals surface area contributed by atoms with Crippen molar-refractivity contribution in [1.82, 2.24) is 14.9 Å². The lowest BCUT2D eigenvalue weighted by atomic mass is 9.96. The van der Waals surface area contributed by atoms with Gasteiger partial charge in [0.1, 0.15) is 12.4 Å². The average Bonchev–Trinajstić information content (AvgIpc) is 3.48. The van der Waals surface area contributed by atoms with E-state index in [9.17, 15) is 14.9 Å². The lowest BCUT2D eigenvalue weighted by molar-refractivity contribution is -0.384. The molecule has 2 aromatic carbocycles. The first-order valence-electron chi connectivity index (χ1n) is 13.6. The third-order valence-corrected chi connectivity index (χ3v) is 7.85. The Kier molecular flexibility index (Phi) is 8.42. The van der Waals surface area contributed by atoms with Crippen molar-refractivity contribution in [3.63, 3.8) is 0 Å². The maximum atomic E-state index is 12.2. The number of nitro benzene ring substituents is 1. The summed E-state index contributed by atoms with van der Waals surface area (Å²) in [5.74, 6) is 0.154. The average molecular weight is 601 g/mol. The Morgan fingerprint density at radius 2 is 1.91 bits per heavy atom. The molecule has 2 N–H and O–H groups in total. The highest BCUT2D eigenvalue weighted by Crippen LogP contribution is 2.45. The van der Waals surface area contributed by atoms with Crippen molar-refractivity contribution in [2.45, 2.75) is 32.9 Å². The molecule has 11 nitrogen and oxygen atoms in total. The molecule has 2 atom stereocenters. The van der Waals surface area contributed by atoms with Crippen LogP contribution in [0.4, 0.5) is 17.1 Å². The molecule has 2 unspecified atom stereocenters. The van der Waals surface area contributed by atoms with Gasteiger partial charge in [-0.1, -0.05) is 6.07 Å². The molecule has 3 heterocycles. The molecule has 0 radical (unpaired) electrons. The quantitative estimate of drug-likeness (QED) is 0.146. The molecule has 1 aliphatic heterocycles. The van der Waals surface area contributed by atoms with Crippen molar-refractivity contribution >= 4 is 40.3 Å². The highest BCUT2D eigenvalue weighted by Gasteiger charge is 2.42. The minimum atomic E-state index is -0.441. The summed E-state index contributed by atoms with van der Waals surface area (Å²) >= 11 is 5.92. The third kappa shape index (κ3) is 5.66. The van der Waals surface area contributed by atoms with Gasteiger partial charge < -0.3 is 29.6 Å². The molecule has 0 aliphatic carbocycles. The number of carbonyl (C=O) groups excluding carboxylic acids is 1. The Morgan fingerprint density at radius 3 is 2.56 bits per heavy atom. The number of anilines is 2. The zero-order chi connectivity index (χ0) is 30.8. The van der Waals surface area contributed by atoms with E-state index in [0.29, 0.717) is 22.2 Å². The van der Waals surface area contributed by atoms with E-state index in [1.165, 1.54) is 26.4 Å². The summed E-state index contributed by atoms with van der Waals surface area (Å²) in [6.07, 6.45) is 1.76. The highest BCUT2D eigenvalue weighted by molar-refractivity contribution is 7.80. The Morgan fingerprint density at radius 1 is 1.12 bits per heavy atom. The third-order valence-electron chi connectivity index (χ3n) is 7.54. The van der Waals surface area contributed by atoms with Crippen LogP contribution < -0.4 is 20.3 Å². The number of nitrogens with zero attached hydrogens (tertiary/aromatic N) is 4. The topological polar surface area (TPSA) is 124 Å². The highest BCUT2D eigenvalue weighted by atomic mass is 32.1. The second-order valence-corrected chi connectivity index (χ2v) is 10.6. The molecule has 0 bridgehead atoms. The van der Waals surface area contributed by atoms with E-state index in [4.69, 9.17) is 21.7 Å². The van der Waals surface area contributed by atoms with Crippen molar-refractivity contribution in [2.75, 3.05) is 31.0 Å². The van der Waals surface area contributed by atoms with Gasteiger partial charge in [0.2, 0.25) is 5.91 Å². The Labute approximate surface area is 254 Å². The first-order chi connectivity index (χ1) is 20.6. The number of rotatable bonds is 9. The van der Waals surface area contributed by atoms with E-state index in [1.807, 2.05) is 61.7 Å². The number of hydrogen-bond acceptors (Lipinski definition) is 7. The largest absolute Gasteiger partial charge is 0.494 e. The monoisotopic (exact) mass is 600 g/mol. The number of pyridine rings is 1. The van der Waals surface area contributed by atoms with E-state index in [0.717, 1.165) is 33.9 Å².